The molecule has 0 saturated carbocycles. The van der Waals surface area contributed by atoms with Gasteiger partial charge in [0.2, 0.25) is 11.1 Å². The molecule has 1 fully saturated rings. The summed E-state index contributed by atoms with van der Waals surface area (Å²) >= 11 is 2.26. The highest BCUT2D eigenvalue weighted by atomic mass is 32.2. The first-order valence-corrected chi connectivity index (χ1v) is 15.4. The molecule has 1 aromatic heterocycles. The number of rotatable bonds is 14. The molecule has 2 aromatic rings. The number of carbonyl (C=O) groups is 4. The number of carbonyl (C=O) groups excluding carboxylic acids is 2. The molecule has 0 spiro atoms. The highest BCUT2D eigenvalue weighted by Gasteiger charge is 2.54. The predicted octanol–water partition coefficient (Wildman–Crippen LogP) is -1.79. The first kappa shape index (κ1) is 31.2. The number of fused-ring (bicyclic) bond motifs is 1. The predicted molar refractivity (Wildman–Crippen MR) is 147 cm³/mol. The topological polar surface area (TPSA) is 283 Å². The van der Waals surface area contributed by atoms with Gasteiger partial charge in [-0.2, -0.15) is 13.1 Å². The van der Waals surface area contributed by atoms with E-state index >= 15 is 0 Å². The lowest BCUT2D eigenvalue weighted by Crippen LogP contribution is -2.70. The maximum atomic E-state index is 13.1. The Bertz CT molecular complexity index is 1490. The highest BCUT2D eigenvalue weighted by Crippen LogP contribution is 2.44. The van der Waals surface area contributed by atoms with Crippen LogP contribution in [0.1, 0.15) is 12.0 Å². The van der Waals surface area contributed by atoms with Crippen LogP contribution in [0.2, 0.25) is 0 Å². The molecule has 3 unspecified atom stereocenters. The Labute approximate surface area is 246 Å². The summed E-state index contributed by atoms with van der Waals surface area (Å²) in [5.41, 5.74) is 6.48. The zero-order chi connectivity index (χ0) is 30.6. The van der Waals surface area contributed by atoms with E-state index in [2.05, 4.69) is 31.3 Å². The van der Waals surface area contributed by atoms with Crippen molar-refractivity contribution in [2.45, 2.75) is 40.8 Å². The molecule has 2 amide bonds. The smallest absolute Gasteiger partial charge is 0.352 e. The van der Waals surface area contributed by atoms with Crippen LogP contribution in [0.4, 0.5) is 5.69 Å². The van der Waals surface area contributed by atoms with Crippen molar-refractivity contribution in [2.75, 3.05) is 17.6 Å². The average Bonchev–Trinajstić information content (AvgIpc) is 3.43. The molecule has 1 aromatic carbocycles. The lowest BCUT2D eigenvalue weighted by atomic mass is 10.00. The van der Waals surface area contributed by atoms with Crippen LogP contribution < -0.4 is 21.1 Å². The quantitative estimate of drug-likeness (QED) is 0.0488. The van der Waals surface area contributed by atoms with Crippen molar-refractivity contribution in [3.63, 3.8) is 0 Å². The van der Waals surface area contributed by atoms with Gasteiger partial charge in [0.25, 0.3) is 5.91 Å². The average molecular weight is 644 g/mol. The van der Waals surface area contributed by atoms with Crippen LogP contribution in [-0.4, -0.2) is 108 Å². The van der Waals surface area contributed by atoms with Crippen LogP contribution in [-0.2, 0) is 35.9 Å². The third-order valence-electron chi connectivity index (χ3n) is 6.08. The van der Waals surface area contributed by atoms with Gasteiger partial charge >= 0.3 is 22.2 Å². The molecule has 42 heavy (non-hydrogen) atoms. The Hall–Kier alpha value is -3.76. The van der Waals surface area contributed by atoms with Crippen molar-refractivity contribution < 1.29 is 42.4 Å². The minimum Gasteiger partial charge on any atom is -0.479 e. The van der Waals surface area contributed by atoms with Gasteiger partial charge < -0.3 is 26.6 Å². The number of hydrogen-bond acceptors (Lipinski definition) is 13. The number of aromatic nitrogens is 4. The van der Waals surface area contributed by atoms with Crippen molar-refractivity contribution in [2.24, 2.45) is 5.73 Å². The van der Waals surface area contributed by atoms with Gasteiger partial charge in [0, 0.05) is 23.2 Å². The van der Waals surface area contributed by atoms with Gasteiger partial charge in [-0.15, -0.1) is 16.9 Å². The van der Waals surface area contributed by atoms with Crippen LogP contribution in [0.15, 0.2) is 40.7 Å². The lowest BCUT2D eigenvalue weighted by Gasteiger charge is -2.50. The van der Waals surface area contributed by atoms with E-state index in [1.165, 1.54) is 11.8 Å². The number of amides is 2. The molecule has 9 N–H and O–H groups in total. The van der Waals surface area contributed by atoms with Crippen LogP contribution in [0, 0.1) is 0 Å². The number of anilines is 1. The van der Waals surface area contributed by atoms with E-state index in [1.54, 1.807) is 24.3 Å². The molecule has 0 aliphatic carbocycles. The summed E-state index contributed by atoms with van der Waals surface area (Å²) in [5.74, 6) is -3.58. The number of nitrogens with one attached hydrogen (secondary N) is 4. The van der Waals surface area contributed by atoms with Gasteiger partial charge in [-0.25, -0.2) is 14.7 Å². The van der Waals surface area contributed by atoms with E-state index in [1.807, 2.05) is 4.72 Å². The van der Waals surface area contributed by atoms with Crippen LogP contribution >= 0.6 is 23.5 Å². The number of nitrogens with two attached hydrogens (primary N) is 1. The van der Waals surface area contributed by atoms with Crippen LogP contribution in [0.25, 0.3) is 0 Å². The first-order chi connectivity index (χ1) is 19.8. The Morgan fingerprint density at radius 3 is 2.55 bits per heavy atom. The fourth-order valence-corrected chi connectivity index (χ4v) is 7.14. The van der Waals surface area contributed by atoms with Gasteiger partial charge in [-0.05, 0) is 40.1 Å². The van der Waals surface area contributed by atoms with E-state index in [0.717, 1.165) is 16.7 Å². The fraction of sp³-hybridized carbons (Fsp3) is 0.381. The molecular weight excluding hydrogens is 618 g/mol. The summed E-state index contributed by atoms with van der Waals surface area (Å²) in [7, 11) is -4.49. The van der Waals surface area contributed by atoms with Gasteiger partial charge in [-0.3, -0.25) is 19.0 Å². The van der Waals surface area contributed by atoms with E-state index in [4.69, 9.17) is 15.4 Å². The third-order valence-corrected chi connectivity index (χ3v) is 9.16. The van der Waals surface area contributed by atoms with Gasteiger partial charge in [-0.1, -0.05) is 23.9 Å². The molecule has 0 radical (unpaired) electrons. The van der Waals surface area contributed by atoms with E-state index in [9.17, 15) is 32.7 Å². The summed E-state index contributed by atoms with van der Waals surface area (Å²) in [6, 6.07) is 5.32. The number of hydrogen-bond donors (Lipinski definition) is 8. The van der Waals surface area contributed by atoms with Gasteiger partial charge in [0.05, 0.1) is 6.42 Å². The lowest BCUT2D eigenvalue weighted by molar-refractivity contribution is -0.150. The number of aliphatic carboxylic acids is 2. The van der Waals surface area contributed by atoms with Crippen molar-refractivity contribution in [3.8, 4) is 0 Å². The highest BCUT2D eigenvalue weighted by molar-refractivity contribution is 8.01. The second kappa shape index (κ2) is 13.0. The number of β-lactam (4-membered cyclic amide) rings is 1. The number of tetrazole rings is 1. The van der Waals surface area contributed by atoms with Crippen molar-refractivity contribution in [1.82, 2.24) is 35.6 Å². The molecular formula is C21H25N9O9S3. The zero-order valence-electron chi connectivity index (χ0n) is 21.3. The molecule has 21 heteroatoms. The first-order valence-electron chi connectivity index (χ1n) is 12.0. The number of carboxylic acid groups (broad SMARTS) is 2. The van der Waals surface area contributed by atoms with Gasteiger partial charge in [0.15, 0.2) is 6.17 Å². The molecule has 226 valence electrons. The molecule has 4 atom stereocenters. The number of carboxylic acids is 2. The Morgan fingerprint density at radius 2 is 1.95 bits per heavy atom. The van der Waals surface area contributed by atoms with E-state index in [0.29, 0.717) is 16.8 Å². The third kappa shape index (κ3) is 7.54. The molecule has 18 nitrogen and oxygen atoms in total. The second-order valence-electron chi connectivity index (χ2n) is 8.94. The molecule has 4 rings (SSSR count). The summed E-state index contributed by atoms with van der Waals surface area (Å²) < 4.78 is 33.2. The number of thioether (sulfide) groups is 2. The SMILES string of the molecule is NC(Nc1ccc(CC(=O)NC2C(=O)N3C(C(=O)O)=C(C(CCNS(=O)(=O)O)Sc4nnn[nH]4)CS[C@@H]23)cc1)C(=O)O. The molecule has 2 aliphatic rings. The molecule has 3 heterocycles. The minimum absolute atomic E-state index is 0.0290. The van der Waals surface area contributed by atoms with Gasteiger partial charge in [0.1, 0.15) is 17.1 Å². The Kier molecular flexibility index (Phi) is 9.68. The monoisotopic (exact) mass is 643 g/mol. The summed E-state index contributed by atoms with van der Waals surface area (Å²) in [6.07, 6.45) is -1.36. The second-order valence-corrected chi connectivity index (χ2v) is 12.5. The number of benzene rings is 1. The van der Waals surface area contributed by atoms with Crippen molar-refractivity contribution in [3.05, 3.63) is 41.1 Å². The molecule has 2 aliphatic heterocycles. The summed E-state index contributed by atoms with van der Waals surface area (Å²) in [5, 5.41) is 36.2. The molecule has 1 saturated heterocycles. The minimum atomic E-state index is -4.49. The van der Waals surface area contributed by atoms with E-state index < -0.39 is 56.9 Å². The normalized spacial score (nSPS) is 19.9. The standard InChI is InChI=1S/C21H25N9O9S3/c22-16(20(35)36)24-10-3-1-9(2-4-10)7-13(31)25-14-17(32)30-15(19(33)34)11(8-40-18(14)30)12(5-6-23-42(37,38)39)41-21-26-28-29-27-21/h1-4,12,14,16,18,23-24H,5-8,22H2,(H,25,31)(H,33,34)(H,35,36)(H,37,38,39)(H,26,27,28,29)/t12?,14?,16?,18-/m0/s1. The van der Waals surface area contributed by atoms with Crippen molar-refractivity contribution >= 4 is 63.3 Å². The van der Waals surface area contributed by atoms with Crippen LogP contribution in [0.5, 0.6) is 0 Å². The maximum Gasteiger partial charge on any atom is 0.352 e. The fourth-order valence-electron chi connectivity index (χ4n) is 4.22. The van der Waals surface area contributed by atoms with Crippen LogP contribution in [0.3, 0.4) is 0 Å². The largest absolute Gasteiger partial charge is 0.479 e. The Morgan fingerprint density at radius 1 is 1.24 bits per heavy atom. The summed E-state index contributed by atoms with van der Waals surface area (Å²) in [4.78, 5) is 50.1. The summed E-state index contributed by atoms with van der Waals surface area (Å²) in [6.45, 7) is -0.238. The number of aromatic amines is 1. The molecule has 0 bridgehead atoms. The van der Waals surface area contributed by atoms with Crippen molar-refractivity contribution in [1.29, 1.82) is 0 Å². The number of nitrogens with zero attached hydrogens (tertiary/aromatic N) is 4. The Balaban J connectivity index is 1.44. The zero-order valence-corrected chi connectivity index (χ0v) is 23.8. The van der Waals surface area contributed by atoms with E-state index in [-0.39, 0.29) is 36.0 Å². The number of H-pyrrole nitrogens is 1. The maximum absolute atomic E-state index is 13.1.